The summed E-state index contributed by atoms with van der Waals surface area (Å²) < 4.78 is 0. The van der Waals surface area contributed by atoms with E-state index in [4.69, 9.17) is 27.7 Å². The molecule has 0 saturated heterocycles. The highest BCUT2D eigenvalue weighted by molar-refractivity contribution is 6.33. The molecular weight excluding hydrogens is 335 g/mol. The number of carboxylic acids is 1. The van der Waals surface area contributed by atoms with Crippen LogP contribution in [0.5, 0.6) is 0 Å². The fourth-order valence-electron chi connectivity index (χ4n) is 2.29. The normalized spacial score (nSPS) is 11.2. The molecule has 0 heterocycles. The Morgan fingerprint density at radius 3 is 2.43 bits per heavy atom. The maximum absolute atomic E-state index is 10.9. The van der Waals surface area contributed by atoms with E-state index < -0.39 is 5.97 Å². The minimum Gasteiger partial charge on any atom is -0.481 e. The number of benzene rings is 2. The highest BCUT2D eigenvalue weighted by Gasteiger charge is 2.16. The average molecular weight is 351 g/mol. The van der Waals surface area contributed by atoms with E-state index in [2.05, 4.69) is 6.07 Å². The maximum Gasteiger partial charge on any atom is 0.304 e. The molecule has 0 bridgehead atoms. The fraction of sp³-hybridized carbons (Fsp3) is 0.176. The van der Waals surface area contributed by atoms with Gasteiger partial charge in [0.05, 0.1) is 18.1 Å². The zero-order chi connectivity index (χ0) is 16.1. The van der Waals surface area contributed by atoms with Crippen molar-refractivity contribution in [1.82, 2.24) is 0 Å². The second-order valence-electron chi connectivity index (χ2n) is 4.96. The monoisotopic (exact) mass is 350 g/mol. The summed E-state index contributed by atoms with van der Waals surface area (Å²) in [7, 11) is 0. The van der Waals surface area contributed by atoms with Crippen molar-refractivity contribution in [2.24, 2.45) is 5.73 Å². The summed E-state index contributed by atoms with van der Waals surface area (Å²) in [5.74, 6) is -1.14. The zero-order valence-corrected chi connectivity index (χ0v) is 13.8. The molecular formula is C17H16Cl2N2O2. The molecule has 0 unspecified atom stereocenters. The molecule has 3 N–H and O–H groups in total. The van der Waals surface area contributed by atoms with E-state index >= 15 is 0 Å². The topological polar surface area (TPSA) is 87.1 Å². The average Bonchev–Trinajstić information content (AvgIpc) is 2.53. The number of carboxylic acid groups (broad SMARTS) is 1. The van der Waals surface area contributed by atoms with Crippen LogP contribution in [0, 0.1) is 11.3 Å². The Balaban J connectivity index is 0.00000264. The lowest BCUT2D eigenvalue weighted by Crippen LogP contribution is -2.16. The summed E-state index contributed by atoms with van der Waals surface area (Å²) in [6, 6.07) is 14.5. The number of halogens is 2. The van der Waals surface area contributed by atoms with Gasteiger partial charge in [-0.2, -0.15) is 5.26 Å². The molecule has 0 fully saturated rings. The van der Waals surface area contributed by atoms with Crippen LogP contribution in [-0.2, 0) is 4.79 Å². The number of rotatable bonds is 5. The number of nitriles is 1. The Bertz CT molecular complexity index is 724. The lowest BCUT2D eigenvalue weighted by molar-refractivity contribution is -0.137. The SMILES string of the molecule is Cl.N#Cc1ccc(-c2cc([C@H](CN)CC(=O)O)ccc2Cl)cc1. The summed E-state index contributed by atoms with van der Waals surface area (Å²) in [5, 5.41) is 18.4. The van der Waals surface area contributed by atoms with E-state index in [-0.39, 0.29) is 31.3 Å². The van der Waals surface area contributed by atoms with Gasteiger partial charge in [-0.15, -0.1) is 12.4 Å². The van der Waals surface area contributed by atoms with Crippen LogP contribution in [0.1, 0.15) is 23.5 Å². The van der Waals surface area contributed by atoms with E-state index in [1.165, 1.54) is 0 Å². The van der Waals surface area contributed by atoms with Gasteiger partial charge in [-0.05, 0) is 41.9 Å². The molecule has 0 saturated carbocycles. The summed E-state index contributed by atoms with van der Waals surface area (Å²) >= 11 is 6.25. The quantitative estimate of drug-likeness (QED) is 0.857. The van der Waals surface area contributed by atoms with Crippen molar-refractivity contribution in [2.75, 3.05) is 6.54 Å². The number of hydrogen-bond acceptors (Lipinski definition) is 3. The number of carbonyl (C=O) groups is 1. The number of aliphatic carboxylic acids is 1. The molecule has 2 rings (SSSR count). The second kappa shape index (κ2) is 8.54. The lowest BCUT2D eigenvalue weighted by Gasteiger charge is -2.15. The Morgan fingerprint density at radius 1 is 1.26 bits per heavy atom. The smallest absolute Gasteiger partial charge is 0.304 e. The van der Waals surface area contributed by atoms with Crippen LogP contribution in [0.25, 0.3) is 11.1 Å². The van der Waals surface area contributed by atoms with Gasteiger partial charge in [-0.3, -0.25) is 4.79 Å². The first-order valence-corrected chi connectivity index (χ1v) is 7.14. The molecule has 0 amide bonds. The largest absolute Gasteiger partial charge is 0.481 e. The number of hydrogen-bond donors (Lipinski definition) is 2. The van der Waals surface area contributed by atoms with Crippen LogP contribution in [-0.4, -0.2) is 17.6 Å². The van der Waals surface area contributed by atoms with Gasteiger partial charge in [0.2, 0.25) is 0 Å². The van der Waals surface area contributed by atoms with Crippen molar-refractivity contribution < 1.29 is 9.90 Å². The molecule has 4 nitrogen and oxygen atoms in total. The molecule has 2 aromatic rings. The van der Waals surface area contributed by atoms with Gasteiger partial charge in [0, 0.05) is 16.5 Å². The molecule has 6 heteroatoms. The molecule has 0 spiro atoms. The van der Waals surface area contributed by atoms with E-state index in [9.17, 15) is 4.79 Å². The first-order chi connectivity index (χ1) is 10.5. The first-order valence-electron chi connectivity index (χ1n) is 6.77. The predicted octanol–water partition coefficient (Wildman–Crippen LogP) is 3.82. The van der Waals surface area contributed by atoms with Crippen molar-refractivity contribution in [3.63, 3.8) is 0 Å². The third-order valence-corrected chi connectivity index (χ3v) is 3.82. The van der Waals surface area contributed by atoms with Crippen LogP contribution in [0.2, 0.25) is 5.02 Å². The highest BCUT2D eigenvalue weighted by Crippen LogP contribution is 2.32. The summed E-state index contributed by atoms with van der Waals surface area (Å²) in [6.07, 6.45) is -0.0229. The molecule has 2 aromatic carbocycles. The third-order valence-electron chi connectivity index (χ3n) is 3.49. The van der Waals surface area contributed by atoms with E-state index in [0.717, 1.165) is 16.7 Å². The predicted molar refractivity (Wildman–Crippen MR) is 92.9 cm³/mol. The number of nitrogens with two attached hydrogens (primary N) is 1. The van der Waals surface area contributed by atoms with Gasteiger partial charge in [0.15, 0.2) is 0 Å². The molecule has 0 radical (unpaired) electrons. The maximum atomic E-state index is 10.9. The Kier molecular flexibility index (Phi) is 7.05. The van der Waals surface area contributed by atoms with Crippen molar-refractivity contribution in [3.05, 3.63) is 58.6 Å². The molecule has 0 aliphatic carbocycles. The van der Waals surface area contributed by atoms with E-state index in [1.807, 2.05) is 18.2 Å². The van der Waals surface area contributed by atoms with Gasteiger partial charge in [-0.25, -0.2) is 0 Å². The first kappa shape index (κ1) is 19.0. The minimum absolute atomic E-state index is 0. The Hall–Kier alpha value is -2.06. The van der Waals surface area contributed by atoms with E-state index in [1.54, 1.807) is 24.3 Å². The molecule has 23 heavy (non-hydrogen) atoms. The number of nitrogens with zero attached hydrogens (tertiary/aromatic N) is 1. The standard InChI is InChI=1S/C17H15ClN2O2.ClH/c18-16-6-5-13(14(10-20)8-17(21)22)7-15(16)12-3-1-11(9-19)2-4-12;/h1-7,14H,8,10,20H2,(H,21,22);1H/t14-;/m0./s1. The second-order valence-corrected chi connectivity index (χ2v) is 5.37. The van der Waals surface area contributed by atoms with Gasteiger partial charge in [-0.1, -0.05) is 29.8 Å². The molecule has 1 atom stereocenters. The van der Waals surface area contributed by atoms with Gasteiger partial charge < -0.3 is 10.8 Å². The molecule has 0 aliphatic heterocycles. The van der Waals surface area contributed by atoms with Crippen molar-refractivity contribution in [2.45, 2.75) is 12.3 Å². The summed E-state index contributed by atoms with van der Waals surface area (Å²) in [6.45, 7) is 0.251. The highest BCUT2D eigenvalue weighted by atomic mass is 35.5. The molecule has 0 aliphatic rings. The van der Waals surface area contributed by atoms with Crippen LogP contribution in [0.3, 0.4) is 0 Å². The summed E-state index contributed by atoms with van der Waals surface area (Å²) in [5.41, 5.74) is 8.77. The van der Waals surface area contributed by atoms with Crippen LogP contribution < -0.4 is 5.73 Å². The minimum atomic E-state index is -0.884. The zero-order valence-electron chi connectivity index (χ0n) is 12.2. The third kappa shape index (κ3) is 4.70. The lowest BCUT2D eigenvalue weighted by atomic mass is 9.92. The Labute approximate surface area is 145 Å². The Morgan fingerprint density at radius 2 is 1.91 bits per heavy atom. The van der Waals surface area contributed by atoms with Crippen LogP contribution in [0.15, 0.2) is 42.5 Å². The van der Waals surface area contributed by atoms with Crippen molar-refractivity contribution in [1.29, 1.82) is 5.26 Å². The van der Waals surface area contributed by atoms with Crippen LogP contribution in [0.4, 0.5) is 0 Å². The van der Waals surface area contributed by atoms with Crippen LogP contribution >= 0.6 is 24.0 Å². The summed E-state index contributed by atoms with van der Waals surface area (Å²) in [4.78, 5) is 10.9. The van der Waals surface area contributed by atoms with Gasteiger partial charge in [0.1, 0.15) is 0 Å². The molecule has 0 aromatic heterocycles. The van der Waals surface area contributed by atoms with Gasteiger partial charge in [0.25, 0.3) is 0 Å². The van der Waals surface area contributed by atoms with Crippen molar-refractivity contribution >= 4 is 30.0 Å². The van der Waals surface area contributed by atoms with Gasteiger partial charge >= 0.3 is 5.97 Å². The molecule has 120 valence electrons. The fourth-order valence-corrected chi connectivity index (χ4v) is 2.52. The van der Waals surface area contributed by atoms with Crippen molar-refractivity contribution in [3.8, 4) is 17.2 Å². The van der Waals surface area contributed by atoms with E-state index in [0.29, 0.717) is 10.6 Å².